The molecule has 1 atom stereocenters. The van der Waals surface area contributed by atoms with E-state index in [1.807, 2.05) is 56.7 Å². The Morgan fingerprint density at radius 2 is 1.96 bits per heavy atom. The molecule has 0 aliphatic rings. The van der Waals surface area contributed by atoms with Gasteiger partial charge in [0.1, 0.15) is 12.4 Å². The maximum Gasteiger partial charge on any atom is 0.242 e. The van der Waals surface area contributed by atoms with E-state index >= 15 is 0 Å². The van der Waals surface area contributed by atoms with Crippen LogP contribution in [0, 0.1) is 20.8 Å². The van der Waals surface area contributed by atoms with Crippen molar-refractivity contribution in [2.75, 3.05) is 7.05 Å². The van der Waals surface area contributed by atoms with Gasteiger partial charge in [-0.3, -0.25) is 4.79 Å². The molecule has 1 aromatic carbocycles. The Bertz CT molecular complexity index is 896. The van der Waals surface area contributed by atoms with Gasteiger partial charge in [0.05, 0.1) is 27.8 Å². The van der Waals surface area contributed by atoms with Crippen LogP contribution >= 0.6 is 11.3 Å². The predicted molar refractivity (Wildman–Crippen MR) is 97.2 cm³/mol. The summed E-state index contributed by atoms with van der Waals surface area (Å²) in [6.07, 6.45) is 0. The molecule has 0 radical (unpaired) electrons. The minimum atomic E-state index is -0.0439. The summed E-state index contributed by atoms with van der Waals surface area (Å²) in [4.78, 5) is 24.8. The fourth-order valence-electron chi connectivity index (χ4n) is 2.97. The highest BCUT2D eigenvalue weighted by Gasteiger charge is 2.22. The Labute approximate surface area is 146 Å². The number of aryl methyl sites for hydroxylation is 3. The van der Waals surface area contributed by atoms with E-state index < -0.39 is 0 Å². The van der Waals surface area contributed by atoms with Crippen LogP contribution in [0.25, 0.3) is 11.0 Å². The molecule has 24 heavy (non-hydrogen) atoms. The Morgan fingerprint density at radius 3 is 2.62 bits per heavy atom. The van der Waals surface area contributed by atoms with Crippen LogP contribution in [0.3, 0.4) is 0 Å². The molecular weight excluding hydrogens is 320 g/mol. The first-order chi connectivity index (χ1) is 11.4. The third-order valence-electron chi connectivity index (χ3n) is 4.45. The fourth-order valence-corrected chi connectivity index (χ4v) is 3.88. The average molecular weight is 342 g/mol. The summed E-state index contributed by atoms with van der Waals surface area (Å²) >= 11 is 1.67. The normalized spacial score (nSPS) is 12.5. The van der Waals surface area contributed by atoms with Crippen LogP contribution in [-0.2, 0) is 11.3 Å². The largest absolute Gasteiger partial charge is 0.336 e. The molecule has 2 aromatic heterocycles. The minimum Gasteiger partial charge on any atom is -0.336 e. The number of rotatable bonds is 4. The summed E-state index contributed by atoms with van der Waals surface area (Å²) in [5, 5.41) is 1.03. The van der Waals surface area contributed by atoms with Crippen LogP contribution in [0.4, 0.5) is 0 Å². The van der Waals surface area contributed by atoms with Gasteiger partial charge in [-0.05, 0) is 39.8 Å². The Morgan fingerprint density at radius 1 is 1.25 bits per heavy atom. The lowest BCUT2D eigenvalue weighted by molar-refractivity contribution is -0.132. The van der Waals surface area contributed by atoms with E-state index in [-0.39, 0.29) is 18.5 Å². The van der Waals surface area contributed by atoms with Crippen molar-refractivity contribution in [1.29, 1.82) is 0 Å². The van der Waals surface area contributed by atoms with Crippen LogP contribution < -0.4 is 0 Å². The molecule has 0 N–H and O–H groups in total. The van der Waals surface area contributed by atoms with E-state index in [0.717, 1.165) is 27.6 Å². The molecule has 0 spiro atoms. The van der Waals surface area contributed by atoms with Gasteiger partial charge < -0.3 is 9.47 Å². The van der Waals surface area contributed by atoms with Gasteiger partial charge in [-0.15, -0.1) is 11.3 Å². The van der Waals surface area contributed by atoms with Crippen molar-refractivity contribution in [2.45, 2.75) is 40.3 Å². The number of carbonyl (C=O) groups is 1. The lowest BCUT2D eigenvalue weighted by Gasteiger charge is -2.25. The number of likely N-dealkylation sites (N-methyl/N-ethyl adjacent to an activating group) is 1. The third kappa shape index (κ3) is 2.94. The van der Waals surface area contributed by atoms with Crippen molar-refractivity contribution in [2.24, 2.45) is 0 Å². The zero-order valence-corrected chi connectivity index (χ0v) is 15.5. The lowest BCUT2D eigenvalue weighted by atomic mass is 10.2. The van der Waals surface area contributed by atoms with E-state index in [4.69, 9.17) is 0 Å². The molecule has 0 unspecified atom stereocenters. The first-order valence-electron chi connectivity index (χ1n) is 8.00. The number of amides is 1. The lowest BCUT2D eigenvalue weighted by Crippen LogP contribution is -2.33. The smallest absolute Gasteiger partial charge is 0.242 e. The van der Waals surface area contributed by atoms with Gasteiger partial charge in [0, 0.05) is 11.9 Å². The molecule has 0 aliphatic heterocycles. The molecule has 0 bridgehead atoms. The van der Waals surface area contributed by atoms with Crippen molar-refractivity contribution in [3.8, 4) is 0 Å². The SMILES string of the molecule is Cc1nc([C@H](C)N(C)C(=O)Cn2c(C)nc3ccccc32)c(C)s1. The molecule has 3 aromatic rings. The highest BCUT2D eigenvalue weighted by atomic mass is 32.1. The maximum absolute atomic E-state index is 12.8. The van der Waals surface area contributed by atoms with Crippen LogP contribution in [-0.4, -0.2) is 32.4 Å². The molecule has 5 nitrogen and oxygen atoms in total. The monoisotopic (exact) mass is 342 g/mol. The van der Waals surface area contributed by atoms with Crippen LogP contribution in [0.1, 0.15) is 34.4 Å². The number of imidazole rings is 1. The van der Waals surface area contributed by atoms with Crippen molar-refractivity contribution in [3.63, 3.8) is 0 Å². The summed E-state index contributed by atoms with van der Waals surface area (Å²) < 4.78 is 1.97. The van der Waals surface area contributed by atoms with Gasteiger partial charge in [-0.25, -0.2) is 9.97 Å². The molecule has 6 heteroatoms. The van der Waals surface area contributed by atoms with Crippen LogP contribution in [0.15, 0.2) is 24.3 Å². The summed E-state index contributed by atoms with van der Waals surface area (Å²) in [7, 11) is 1.84. The fraction of sp³-hybridized carbons (Fsp3) is 0.389. The maximum atomic E-state index is 12.8. The summed E-state index contributed by atoms with van der Waals surface area (Å²) in [5.74, 6) is 0.907. The van der Waals surface area contributed by atoms with E-state index in [0.29, 0.717) is 0 Å². The molecule has 0 saturated carbocycles. The summed E-state index contributed by atoms with van der Waals surface area (Å²) in [5.41, 5.74) is 2.90. The van der Waals surface area contributed by atoms with E-state index in [2.05, 4.69) is 16.9 Å². The van der Waals surface area contributed by atoms with Crippen molar-refractivity contribution < 1.29 is 4.79 Å². The van der Waals surface area contributed by atoms with Crippen molar-refractivity contribution >= 4 is 28.3 Å². The number of hydrogen-bond donors (Lipinski definition) is 0. The molecule has 3 rings (SSSR count). The first-order valence-corrected chi connectivity index (χ1v) is 8.81. The summed E-state index contributed by atoms with van der Waals surface area (Å²) in [6, 6.07) is 7.86. The number of nitrogens with zero attached hydrogens (tertiary/aromatic N) is 4. The van der Waals surface area contributed by atoms with Crippen molar-refractivity contribution in [1.82, 2.24) is 19.4 Å². The molecule has 0 fully saturated rings. The molecule has 2 heterocycles. The van der Waals surface area contributed by atoms with Gasteiger partial charge in [-0.1, -0.05) is 12.1 Å². The quantitative estimate of drug-likeness (QED) is 0.727. The Balaban J connectivity index is 1.83. The minimum absolute atomic E-state index is 0.0439. The van der Waals surface area contributed by atoms with E-state index in [1.165, 1.54) is 4.88 Å². The van der Waals surface area contributed by atoms with E-state index in [9.17, 15) is 4.79 Å². The number of benzene rings is 1. The highest BCUT2D eigenvalue weighted by molar-refractivity contribution is 7.11. The van der Waals surface area contributed by atoms with Crippen LogP contribution in [0.2, 0.25) is 0 Å². The van der Waals surface area contributed by atoms with Crippen molar-refractivity contribution in [3.05, 3.63) is 45.7 Å². The Hall–Kier alpha value is -2.21. The molecule has 0 saturated heterocycles. The zero-order chi connectivity index (χ0) is 17.4. The number of thiazole rings is 1. The van der Waals surface area contributed by atoms with Gasteiger partial charge in [-0.2, -0.15) is 0 Å². The Kier molecular flexibility index (Phi) is 4.41. The number of para-hydroxylation sites is 2. The van der Waals surface area contributed by atoms with Gasteiger partial charge in [0.2, 0.25) is 5.91 Å². The number of fused-ring (bicyclic) bond motifs is 1. The zero-order valence-electron chi connectivity index (χ0n) is 14.7. The highest BCUT2D eigenvalue weighted by Crippen LogP contribution is 2.26. The average Bonchev–Trinajstić information content (AvgIpc) is 3.05. The molecule has 126 valence electrons. The number of hydrogen-bond acceptors (Lipinski definition) is 4. The van der Waals surface area contributed by atoms with Gasteiger partial charge in [0.25, 0.3) is 0 Å². The predicted octanol–water partition coefficient (Wildman–Crippen LogP) is 3.64. The second-order valence-corrected chi connectivity index (χ2v) is 7.50. The second kappa shape index (κ2) is 6.36. The topological polar surface area (TPSA) is 51.0 Å². The third-order valence-corrected chi connectivity index (χ3v) is 5.35. The molecular formula is C18H22N4OS. The van der Waals surface area contributed by atoms with Gasteiger partial charge in [0.15, 0.2) is 0 Å². The van der Waals surface area contributed by atoms with Gasteiger partial charge >= 0.3 is 0 Å². The van der Waals surface area contributed by atoms with Crippen LogP contribution in [0.5, 0.6) is 0 Å². The standard InChI is InChI=1S/C18H22N4OS/c1-11(18-12(2)24-14(4)20-18)21(5)17(23)10-22-13(3)19-15-8-6-7-9-16(15)22/h6-9,11H,10H2,1-5H3/t11-/m0/s1. The second-order valence-electron chi connectivity index (χ2n) is 6.09. The number of aromatic nitrogens is 3. The first kappa shape index (κ1) is 16.6. The molecule has 1 amide bonds. The number of carbonyl (C=O) groups excluding carboxylic acids is 1. The molecule has 0 aliphatic carbocycles. The summed E-state index contributed by atoms with van der Waals surface area (Å²) in [6.45, 7) is 8.30. The van der Waals surface area contributed by atoms with E-state index in [1.54, 1.807) is 16.2 Å².